The van der Waals surface area contributed by atoms with Gasteiger partial charge in [0.2, 0.25) is 0 Å². The zero-order valence-electron chi connectivity index (χ0n) is 8.99. The quantitative estimate of drug-likeness (QED) is 0.746. The van der Waals surface area contributed by atoms with Crippen molar-refractivity contribution in [1.29, 1.82) is 0 Å². The summed E-state index contributed by atoms with van der Waals surface area (Å²) in [5.74, 6) is 4.85. The Balaban J connectivity index is 3.19. The fourth-order valence-corrected chi connectivity index (χ4v) is 1.26. The molecule has 0 spiro atoms. The van der Waals surface area contributed by atoms with E-state index in [2.05, 4.69) is 11.8 Å². The van der Waals surface area contributed by atoms with Gasteiger partial charge in [-0.15, -0.1) is 0 Å². The summed E-state index contributed by atoms with van der Waals surface area (Å²) in [6, 6.07) is 4.95. The smallest absolute Gasteiger partial charge is 0.340 e. The number of nitrogens with two attached hydrogens (primary N) is 1. The number of ether oxygens (including phenoxy) is 1. The minimum Gasteiger partial charge on any atom is -0.496 e. The summed E-state index contributed by atoms with van der Waals surface area (Å²) in [6.45, 7) is 0.458. The number of carboxylic acid groups (broad SMARTS) is 1. The predicted octanol–water partition coefficient (Wildman–Crippen LogP) is 1.09. The maximum absolute atomic E-state index is 11.1. The molecule has 0 saturated heterocycles. The maximum Gasteiger partial charge on any atom is 0.340 e. The molecule has 0 aliphatic rings. The topological polar surface area (TPSA) is 72.5 Å². The van der Waals surface area contributed by atoms with Gasteiger partial charge < -0.3 is 15.6 Å². The molecule has 0 bridgehead atoms. The Labute approximate surface area is 94.0 Å². The lowest BCUT2D eigenvalue weighted by Gasteiger charge is -2.05. The summed E-state index contributed by atoms with van der Waals surface area (Å²) >= 11 is 0. The zero-order valence-corrected chi connectivity index (χ0v) is 8.99. The van der Waals surface area contributed by atoms with Crippen LogP contribution >= 0.6 is 0 Å². The lowest BCUT2D eigenvalue weighted by Crippen LogP contribution is -2.03. The van der Waals surface area contributed by atoms with Crippen molar-refractivity contribution in [3.8, 4) is 17.6 Å². The molecule has 0 radical (unpaired) electrons. The Kier molecular flexibility index (Phi) is 4.37. The molecule has 3 N–H and O–H groups in total. The van der Waals surface area contributed by atoms with Gasteiger partial charge in [-0.3, -0.25) is 0 Å². The second kappa shape index (κ2) is 5.79. The first-order chi connectivity index (χ1) is 7.70. The van der Waals surface area contributed by atoms with Gasteiger partial charge in [0.25, 0.3) is 0 Å². The summed E-state index contributed by atoms with van der Waals surface area (Å²) in [7, 11) is 1.43. The number of carboxylic acids is 1. The molecule has 16 heavy (non-hydrogen) atoms. The summed E-state index contributed by atoms with van der Waals surface area (Å²) in [6.07, 6.45) is 0.538. The van der Waals surface area contributed by atoms with E-state index < -0.39 is 5.97 Å². The molecular weight excluding hydrogens is 206 g/mol. The molecule has 4 heteroatoms. The van der Waals surface area contributed by atoms with Crippen LogP contribution in [0.5, 0.6) is 5.75 Å². The highest BCUT2D eigenvalue weighted by Crippen LogP contribution is 2.21. The molecule has 1 rings (SSSR count). The number of methoxy groups -OCH3 is 1. The minimum absolute atomic E-state index is 0.0921. The first-order valence-corrected chi connectivity index (χ1v) is 4.80. The molecule has 4 nitrogen and oxygen atoms in total. The summed E-state index contributed by atoms with van der Waals surface area (Å²) < 4.78 is 4.98. The largest absolute Gasteiger partial charge is 0.496 e. The van der Waals surface area contributed by atoms with Gasteiger partial charge in [-0.1, -0.05) is 17.9 Å². The standard InChI is InChI=1S/C12H13NO3/c1-16-10-7-4-6-9(5-2-3-8-13)11(10)12(14)15/h4,6-7H,3,8,13H2,1H3,(H,14,15). The zero-order chi connectivity index (χ0) is 12.0. The second-order valence-electron chi connectivity index (χ2n) is 3.03. The molecule has 0 unspecified atom stereocenters. The summed E-state index contributed by atoms with van der Waals surface area (Å²) in [5.41, 5.74) is 5.84. The van der Waals surface area contributed by atoms with Crippen LogP contribution < -0.4 is 10.5 Å². The van der Waals surface area contributed by atoms with Crippen molar-refractivity contribution in [1.82, 2.24) is 0 Å². The van der Waals surface area contributed by atoms with Crippen LogP contribution in [0.2, 0.25) is 0 Å². The molecule has 0 fully saturated rings. The van der Waals surface area contributed by atoms with Gasteiger partial charge in [0.15, 0.2) is 0 Å². The van der Waals surface area contributed by atoms with E-state index in [-0.39, 0.29) is 5.56 Å². The van der Waals surface area contributed by atoms with E-state index in [0.29, 0.717) is 24.3 Å². The molecule has 1 aromatic carbocycles. The fourth-order valence-electron chi connectivity index (χ4n) is 1.26. The van der Waals surface area contributed by atoms with Crippen LogP contribution in [0.15, 0.2) is 18.2 Å². The number of hydrogen-bond donors (Lipinski definition) is 2. The van der Waals surface area contributed by atoms with Gasteiger partial charge in [0.1, 0.15) is 11.3 Å². The van der Waals surface area contributed by atoms with E-state index in [0.717, 1.165) is 0 Å². The van der Waals surface area contributed by atoms with E-state index in [1.165, 1.54) is 7.11 Å². The Bertz CT molecular complexity index is 443. The Morgan fingerprint density at radius 2 is 2.31 bits per heavy atom. The number of aromatic carboxylic acids is 1. The van der Waals surface area contributed by atoms with Crippen molar-refractivity contribution in [2.24, 2.45) is 5.73 Å². The van der Waals surface area contributed by atoms with Crippen molar-refractivity contribution in [3.05, 3.63) is 29.3 Å². The van der Waals surface area contributed by atoms with Gasteiger partial charge in [0.05, 0.1) is 7.11 Å². The van der Waals surface area contributed by atoms with Crippen molar-refractivity contribution in [2.75, 3.05) is 13.7 Å². The van der Waals surface area contributed by atoms with Crippen LogP contribution in [0.25, 0.3) is 0 Å². The third-order valence-corrected chi connectivity index (χ3v) is 1.95. The Morgan fingerprint density at radius 3 is 2.88 bits per heavy atom. The summed E-state index contributed by atoms with van der Waals surface area (Å²) in [5, 5.41) is 9.06. The number of benzene rings is 1. The monoisotopic (exact) mass is 219 g/mol. The lowest BCUT2D eigenvalue weighted by molar-refractivity contribution is 0.0693. The molecular formula is C12H13NO3. The normalized spacial score (nSPS) is 9.12. The summed E-state index contributed by atoms with van der Waals surface area (Å²) in [4.78, 5) is 11.1. The molecule has 0 aliphatic heterocycles. The number of rotatable bonds is 3. The van der Waals surface area contributed by atoms with E-state index in [9.17, 15) is 4.79 Å². The maximum atomic E-state index is 11.1. The molecule has 0 atom stereocenters. The average molecular weight is 219 g/mol. The Morgan fingerprint density at radius 1 is 1.56 bits per heavy atom. The molecule has 1 aromatic rings. The highest BCUT2D eigenvalue weighted by atomic mass is 16.5. The van der Waals surface area contributed by atoms with Crippen LogP contribution in [-0.2, 0) is 0 Å². The van der Waals surface area contributed by atoms with Gasteiger partial charge in [0, 0.05) is 18.5 Å². The molecule has 0 amide bonds. The van der Waals surface area contributed by atoms with E-state index in [1.807, 2.05) is 0 Å². The van der Waals surface area contributed by atoms with Crippen LogP contribution in [0.4, 0.5) is 0 Å². The van der Waals surface area contributed by atoms with Crippen molar-refractivity contribution < 1.29 is 14.6 Å². The van der Waals surface area contributed by atoms with Gasteiger partial charge >= 0.3 is 5.97 Å². The van der Waals surface area contributed by atoms with Gasteiger partial charge in [-0.25, -0.2) is 4.79 Å². The third kappa shape index (κ3) is 2.75. The van der Waals surface area contributed by atoms with Crippen molar-refractivity contribution in [3.63, 3.8) is 0 Å². The van der Waals surface area contributed by atoms with Crippen LogP contribution in [0, 0.1) is 11.8 Å². The van der Waals surface area contributed by atoms with E-state index in [4.69, 9.17) is 15.6 Å². The molecule has 0 heterocycles. The SMILES string of the molecule is COc1cccc(C#CCCN)c1C(=O)O. The average Bonchev–Trinajstić information content (AvgIpc) is 2.28. The first-order valence-electron chi connectivity index (χ1n) is 4.80. The third-order valence-electron chi connectivity index (χ3n) is 1.95. The molecule has 0 saturated carbocycles. The fraction of sp³-hybridized carbons (Fsp3) is 0.250. The van der Waals surface area contributed by atoms with Crippen LogP contribution in [0.3, 0.4) is 0 Å². The number of carbonyl (C=O) groups is 1. The van der Waals surface area contributed by atoms with Gasteiger partial charge in [-0.05, 0) is 12.1 Å². The second-order valence-corrected chi connectivity index (χ2v) is 3.03. The molecule has 84 valence electrons. The number of hydrogen-bond acceptors (Lipinski definition) is 3. The van der Waals surface area contributed by atoms with Crippen LogP contribution in [-0.4, -0.2) is 24.7 Å². The molecule has 0 aliphatic carbocycles. The minimum atomic E-state index is -1.05. The van der Waals surface area contributed by atoms with Crippen LogP contribution in [0.1, 0.15) is 22.3 Å². The highest BCUT2D eigenvalue weighted by molar-refractivity contribution is 5.94. The van der Waals surface area contributed by atoms with E-state index >= 15 is 0 Å². The molecule has 0 aromatic heterocycles. The van der Waals surface area contributed by atoms with Gasteiger partial charge in [-0.2, -0.15) is 0 Å². The lowest BCUT2D eigenvalue weighted by atomic mass is 10.1. The van der Waals surface area contributed by atoms with Crippen molar-refractivity contribution >= 4 is 5.97 Å². The first kappa shape index (κ1) is 12.1. The van der Waals surface area contributed by atoms with E-state index in [1.54, 1.807) is 18.2 Å². The van der Waals surface area contributed by atoms with Crippen molar-refractivity contribution in [2.45, 2.75) is 6.42 Å². The Hall–Kier alpha value is -1.99. The predicted molar refractivity (Wildman–Crippen MR) is 60.5 cm³/mol. The highest BCUT2D eigenvalue weighted by Gasteiger charge is 2.14.